The zero-order valence-corrected chi connectivity index (χ0v) is 15.4. The molecule has 3 nitrogen and oxygen atoms in total. The largest absolute Gasteiger partial charge is 0.458 e. The summed E-state index contributed by atoms with van der Waals surface area (Å²) in [5, 5.41) is 0. The van der Waals surface area contributed by atoms with Crippen LogP contribution in [0.3, 0.4) is 0 Å². The van der Waals surface area contributed by atoms with Gasteiger partial charge in [-0.15, -0.1) is 22.7 Å². The van der Waals surface area contributed by atoms with E-state index in [1.165, 1.54) is 14.3 Å². The lowest BCUT2D eigenvalue weighted by molar-refractivity contribution is -0.0160. The number of hydrogen-bond acceptors (Lipinski definition) is 5. The first kappa shape index (κ1) is 16.9. The van der Waals surface area contributed by atoms with Crippen LogP contribution in [0.25, 0.3) is 9.40 Å². The minimum Gasteiger partial charge on any atom is -0.458 e. The Morgan fingerprint density at radius 2 is 1.78 bits per heavy atom. The summed E-state index contributed by atoms with van der Waals surface area (Å²) in [5.41, 5.74) is 0. The molecule has 2 heterocycles. The number of ether oxygens (including phenoxy) is 2. The van der Waals surface area contributed by atoms with Gasteiger partial charge in [0.1, 0.15) is 11.0 Å². The predicted molar refractivity (Wildman–Crippen MR) is 96.8 cm³/mol. The van der Waals surface area contributed by atoms with Gasteiger partial charge < -0.3 is 9.47 Å². The van der Waals surface area contributed by atoms with Gasteiger partial charge in [0.05, 0.1) is 6.10 Å². The van der Waals surface area contributed by atoms with Crippen molar-refractivity contribution in [2.75, 3.05) is 6.61 Å². The van der Waals surface area contributed by atoms with Crippen molar-refractivity contribution in [2.24, 2.45) is 0 Å². The Balaban J connectivity index is 1.57. The quantitative estimate of drug-likeness (QED) is 0.651. The number of thiophene rings is 2. The lowest BCUT2D eigenvalue weighted by atomic mass is 9.95. The highest BCUT2D eigenvalue weighted by atomic mass is 32.1. The van der Waals surface area contributed by atoms with E-state index in [1.807, 2.05) is 13.0 Å². The summed E-state index contributed by atoms with van der Waals surface area (Å²) in [7, 11) is 0. The molecule has 23 heavy (non-hydrogen) atoms. The van der Waals surface area contributed by atoms with Crippen molar-refractivity contribution in [3.63, 3.8) is 0 Å². The van der Waals surface area contributed by atoms with Gasteiger partial charge in [-0.3, -0.25) is 0 Å². The zero-order chi connectivity index (χ0) is 16.2. The van der Waals surface area contributed by atoms with E-state index >= 15 is 0 Å². The van der Waals surface area contributed by atoms with E-state index < -0.39 is 0 Å². The number of aryl methyl sites for hydroxylation is 1. The second-order valence-corrected chi connectivity index (χ2v) is 8.31. The highest BCUT2D eigenvalue weighted by Gasteiger charge is 2.25. The molecule has 0 amide bonds. The van der Waals surface area contributed by atoms with Crippen molar-refractivity contribution in [3.05, 3.63) is 21.9 Å². The highest BCUT2D eigenvalue weighted by molar-refractivity contribution is 7.28. The number of carbonyl (C=O) groups excluding carboxylic acids is 1. The molecule has 2 aromatic heterocycles. The minimum atomic E-state index is -0.157. The van der Waals surface area contributed by atoms with Gasteiger partial charge in [-0.05, 0) is 51.2 Å². The smallest absolute Gasteiger partial charge is 0.348 e. The van der Waals surface area contributed by atoms with E-state index in [2.05, 4.69) is 13.0 Å². The predicted octanol–water partition coefficient (Wildman–Crippen LogP) is 5.42. The van der Waals surface area contributed by atoms with Crippen LogP contribution in [0.15, 0.2) is 12.1 Å². The number of hydrogen-bond donors (Lipinski definition) is 0. The standard InChI is InChI=1S/C18H24O3S2/c1-3-5-14-10-15-16(22-14)11-17(23-15)18(19)21-13-8-6-12(7-9-13)20-4-2/h10-13H,3-9H2,1-2H3. The summed E-state index contributed by atoms with van der Waals surface area (Å²) in [4.78, 5) is 14.5. The third kappa shape index (κ3) is 4.14. The van der Waals surface area contributed by atoms with Crippen molar-refractivity contribution >= 4 is 38.0 Å². The molecule has 1 aliphatic carbocycles. The number of esters is 1. The van der Waals surface area contributed by atoms with E-state index in [0.29, 0.717) is 6.10 Å². The second kappa shape index (κ2) is 7.77. The molecule has 0 atom stereocenters. The van der Waals surface area contributed by atoms with Crippen LogP contribution < -0.4 is 0 Å². The summed E-state index contributed by atoms with van der Waals surface area (Å²) < 4.78 is 13.8. The normalized spacial score (nSPS) is 21.7. The molecular formula is C18H24O3S2. The zero-order valence-electron chi connectivity index (χ0n) is 13.8. The Morgan fingerprint density at radius 1 is 1.09 bits per heavy atom. The lowest BCUT2D eigenvalue weighted by Crippen LogP contribution is -2.28. The average Bonchev–Trinajstić information content (AvgIpc) is 3.08. The van der Waals surface area contributed by atoms with Crippen LogP contribution in [0.4, 0.5) is 0 Å². The molecule has 0 unspecified atom stereocenters. The van der Waals surface area contributed by atoms with Crippen LogP contribution in [-0.2, 0) is 15.9 Å². The summed E-state index contributed by atoms with van der Waals surface area (Å²) in [6.07, 6.45) is 6.49. The summed E-state index contributed by atoms with van der Waals surface area (Å²) in [6, 6.07) is 4.22. The van der Waals surface area contributed by atoms with Gasteiger partial charge >= 0.3 is 5.97 Å². The summed E-state index contributed by atoms with van der Waals surface area (Å²) >= 11 is 3.36. The molecule has 0 radical (unpaired) electrons. The van der Waals surface area contributed by atoms with Crippen LogP contribution in [0.2, 0.25) is 0 Å². The molecule has 2 aromatic rings. The molecule has 1 saturated carbocycles. The van der Waals surface area contributed by atoms with E-state index in [9.17, 15) is 4.79 Å². The molecule has 1 aliphatic rings. The Hall–Kier alpha value is -0.910. The molecule has 3 rings (SSSR count). The molecule has 0 spiro atoms. The molecule has 0 saturated heterocycles. The SMILES string of the molecule is CCCc1cc2sc(C(=O)OC3CCC(OCC)CC3)cc2s1. The fraction of sp³-hybridized carbons (Fsp3) is 0.611. The third-order valence-corrected chi connectivity index (χ3v) is 6.59. The van der Waals surface area contributed by atoms with Crippen molar-refractivity contribution in [1.82, 2.24) is 0 Å². The summed E-state index contributed by atoms with van der Waals surface area (Å²) in [6.45, 7) is 4.98. The van der Waals surface area contributed by atoms with Crippen LogP contribution >= 0.6 is 22.7 Å². The summed E-state index contributed by atoms with van der Waals surface area (Å²) in [5.74, 6) is -0.157. The number of fused-ring (bicyclic) bond motifs is 1. The van der Waals surface area contributed by atoms with Gasteiger partial charge in [0.2, 0.25) is 0 Å². The Labute approximate surface area is 145 Å². The fourth-order valence-corrected chi connectivity index (χ4v) is 5.52. The topological polar surface area (TPSA) is 35.5 Å². The Morgan fingerprint density at radius 3 is 2.43 bits per heavy atom. The molecule has 126 valence electrons. The maximum atomic E-state index is 12.4. The van der Waals surface area contributed by atoms with Gasteiger partial charge in [-0.25, -0.2) is 4.79 Å². The maximum Gasteiger partial charge on any atom is 0.348 e. The van der Waals surface area contributed by atoms with Crippen LogP contribution in [0.5, 0.6) is 0 Å². The second-order valence-electron chi connectivity index (χ2n) is 6.06. The monoisotopic (exact) mass is 352 g/mol. The van der Waals surface area contributed by atoms with Gasteiger partial charge in [0.25, 0.3) is 0 Å². The number of carbonyl (C=O) groups is 1. The highest BCUT2D eigenvalue weighted by Crippen LogP contribution is 2.34. The van der Waals surface area contributed by atoms with E-state index in [1.54, 1.807) is 22.7 Å². The first-order valence-electron chi connectivity index (χ1n) is 8.54. The molecule has 0 aliphatic heterocycles. The molecule has 5 heteroatoms. The van der Waals surface area contributed by atoms with Crippen LogP contribution in [0.1, 0.15) is 60.5 Å². The van der Waals surface area contributed by atoms with Gasteiger partial charge in [-0.1, -0.05) is 13.3 Å². The maximum absolute atomic E-state index is 12.4. The molecule has 0 bridgehead atoms. The molecule has 0 aromatic carbocycles. The average molecular weight is 353 g/mol. The van der Waals surface area contributed by atoms with Crippen LogP contribution in [-0.4, -0.2) is 24.8 Å². The van der Waals surface area contributed by atoms with Crippen molar-refractivity contribution < 1.29 is 14.3 Å². The van der Waals surface area contributed by atoms with Gasteiger partial charge in [0, 0.05) is 20.9 Å². The van der Waals surface area contributed by atoms with Crippen molar-refractivity contribution in [1.29, 1.82) is 0 Å². The fourth-order valence-electron chi connectivity index (χ4n) is 3.12. The van der Waals surface area contributed by atoms with E-state index in [4.69, 9.17) is 9.47 Å². The van der Waals surface area contributed by atoms with Gasteiger partial charge in [0.15, 0.2) is 0 Å². The Kier molecular flexibility index (Phi) is 5.72. The van der Waals surface area contributed by atoms with Crippen LogP contribution in [0, 0.1) is 0 Å². The van der Waals surface area contributed by atoms with E-state index in [0.717, 1.165) is 50.0 Å². The molecular weight excluding hydrogens is 328 g/mol. The van der Waals surface area contributed by atoms with Crippen molar-refractivity contribution in [3.8, 4) is 0 Å². The Bertz CT molecular complexity index is 619. The minimum absolute atomic E-state index is 0.0509. The van der Waals surface area contributed by atoms with E-state index in [-0.39, 0.29) is 12.1 Å². The van der Waals surface area contributed by atoms with Gasteiger partial charge in [-0.2, -0.15) is 0 Å². The first-order chi connectivity index (χ1) is 11.2. The number of rotatable bonds is 6. The first-order valence-corrected chi connectivity index (χ1v) is 10.2. The third-order valence-electron chi connectivity index (χ3n) is 4.25. The van der Waals surface area contributed by atoms with Crippen molar-refractivity contribution in [2.45, 2.75) is 64.6 Å². The lowest BCUT2D eigenvalue weighted by Gasteiger charge is -2.27. The molecule has 0 N–H and O–H groups in total. The molecule has 1 fully saturated rings.